The number of halogens is 1. The van der Waals surface area contributed by atoms with Crippen molar-refractivity contribution in [2.45, 2.75) is 26.9 Å². The lowest BCUT2D eigenvalue weighted by atomic mass is 10.1. The van der Waals surface area contributed by atoms with Crippen LogP contribution in [0, 0.1) is 12.7 Å². The molecule has 0 spiro atoms. The zero-order valence-corrected chi connectivity index (χ0v) is 11.8. The van der Waals surface area contributed by atoms with E-state index in [0.29, 0.717) is 34.9 Å². The summed E-state index contributed by atoms with van der Waals surface area (Å²) in [6.07, 6.45) is 3.74. The summed E-state index contributed by atoms with van der Waals surface area (Å²) in [7, 11) is 1.56. The van der Waals surface area contributed by atoms with E-state index in [9.17, 15) is 4.39 Å². The van der Waals surface area contributed by atoms with Crippen molar-refractivity contribution in [1.29, 1.82) is 0 Å². The minimum Gasteiger partial charge on any atom is -0.497 e. The molecule has 2 aromatic rings. The van der Waals surface area contributed by atoms with Crippen LogP contribution < -0.4 is 9.47 Å². The quantitative estimate of drug-likeness (QED) is 0.842. The number of aryl methyl sites for hydroxylation is 2. The molecule has 0 saturated heterocycles. The summed E-state index contributed by atoms with van der Waals surface area (Å²) in [6, 6.07) is 3.34. The fourth-order valence-electron chi connectivity index (χ4n) is 1.81. The van der Waals surface area contributed by atoms with E-state index in [1.165, 1.54) is 0 Å². The average Bonchev–Trinajstić information content (AvgIpc) is 2.48. The maximum atomic E-state index is 14.2. The van der Waals surface area contributed by atoms with Gasteiger partial charge in [-0.15, -0.1) is 0 Å². The van der Waals surface area contributed by atoms with E-state index in [1.807, 2.05) is 6.92 Å². The molecule has 1 aromatic heterocycles. The Morgan fingerprint density at radius 1 is 1.10 bits per heavy atom. The first kappa shape index (κ1) is 14.2. The summed E-state index contributed by atoms with van der Waals surface area (Å²) in [6.45, 7) is 3.80. The lowest BCUT2D eigenvalue weighted by Gasteiger charge is -2.11. The van der Waals surface area contributed by atoms with Gasteiger partial charge in [-0.3, -0.25) is 0 Å². The van der Waals surface area contributed by atoms with Crippen LogP contribution in [0.25, 0.3) is 0 Å². The van der Waals surface area contributed by atoms with Crippen molar-refractivity contribution >= 4 is 0 Å². The van der Waals surface area contributed by atoms with Gasteiger partial charge in [-0.05, 0) is 31.0 Å². The van der Waals surface area contributed by atoms with Crippen LogP contribution in [0.3, 0.4) is 0 Å². The largest absolute Gasteiger partial charge is 0.497 e. The Hall–Kier alpha value is -2.17. The third-order valence-corrected chi connectivity index (χ3v) is 2.97. The first-order chi connectivity index (χ1) is 9.63. The number of benzene rings is 1. The molecule has 0 amide bonds. The smallest absolute Gasteiger partial charge is 0.156 e. The standard InChI is InChI=1S/C15H17FN2O2/c1-4-11-5-13(19-3)6-12(15(11)16)9-20-14-7-17-10(2)18-8-14/h5-8H,4,9H2,1-3H3. The second kappa shape index (κ2) is 6.32. The van der Waals surface area contributed by atoms with Gasteiger partial charge in [0.15, 0.2) is 5.75 Å². The van der Waals surface area contributed by atoms with E-state index in [-0.39, 0.29) is 12.4 Å². The predicted molar refractivity (Wildman–Crippen MR) is 73.4 cm³/mol. The Morgan fingerprint density at radius 2 is 1.75 bits per heavy atom. The van der Waals surface area contributed by atoms with Gasteiger partial charge in [0.25, 0.3) is 0 Å². The van der Waals surface area contributed by atoms with E-state index in [1.54, 1.807) is 38.6 Å². The lowest BCUT2D eigenvalue weighted by molar-refractivity contribution is 0.295. The number of ether oxygens (including phenoxy) is 2. The summed E-state index contributed by atoms with van der Waals surface area (Å²) >= 11 is 0. The highest BCUT2D eigenvalue weighted by molar-refractivity contribution is 5.36. The Labute approximate surface area is 117 Å². The normalized spacial score (nSPS) is 10.4. The summed E-state index contributed by atoms with van der Waals surface area (Å²) in [5.41, 5.74) is 1.07. The van der Waals surface area contributed by atoms with Crippen LogP contribution in [0.15, 0.2) is 24.5 Å². The third kappa shape index (κ3) is 3.23. The SMILES string of the molecule is CCc1cc(OC)cc(COc2cnc(C)nc2)c1F. The maximum Gasteiger partial charge on any atom is 0.156 e. The third-order valence-electron chi connectivity index (χ3n) is 2.97. The van der Waals surface area contributed by atoms with Crippen LogP contribution >= 0.6 is 0 Å². The molecular formula is C15H17FN2O2. The lowest BCUT2D eigenvalue weighted by Crippen LogP contribution is -2.03. The molecule has 0 aliphatic heterocycles. The van der Waals surface area contributed by atoms with E-state index in [2.05, 4.69) is 9.97 Å². The summed E-state index contributed by atoms with van der Waals surface area (Å²) in [4.78, 5) is 8.05. The molecule has 0 aliphatic carbocycles. The molecule has 0 saturated carbocycles. The first-order valence-electron chi connectivity index (χ1n) is 6.40. The minimum atomic E-state index is -0.249. The van der Waals surface area contributed by atoms with Crippen molar-refractivity contribution in [2.24, 2.45) is 0 Å². The topological polar surface area (TPSA) is 44.2 Å². The Kier molecular flexibility index (Phi) is 4.50. The predicted octanol–water partition coefficient (Wildman–Crippen LogP) is 3.07. The molecule has 0 atom stereocenters. The zero-order valence-electron chi connectivity index (χ0n) is 11.8. The molecular weight excluding hydrogens is 259 g/mol. The number of methoxy groups -OCH3 is 1. The number of aromatic nitrogens is 2. The summed E-state index contributed by atoms with van der Waals surface area (Å²) in [5, 5.41) is 0. The van der Waals surface area contributed by atoms with Crippen molar-refractivity contribution in [1.82, 2.24) is 9.97 Å². The Bertz CT molecular complexity index is 585. The number of nitrogens with zero attached hydrogens (tertiary/aromatic N) is 2. The molecule has 0 bridgehead atoms. The van der Waals surface area contributed by atoms with Crippen LogP contribution in [-0.2, 0) is 13.0 Å². The molecule has 0 N–H and O–H groups in total. The monoisotopic (exact) mass is 276 g/mol. The molecule has 0 fully saturated rings. The molecule has 0 radical (unpaired) electrons. The summed E-state index contributed by atoms with van der Waals surface area (Å²) < 4.78 is 24.9. The summed E-state index contributed by atoms with van der Waals surface area (Å²) in [5.74, 6) is 1.55. The molecule has 1 heterocycles. The van der Waals surface area contributed by atoms with Crippen molar-refractivity contribution in [2.75, 3.05) is 7.11 Å². The van der Waals surface area contributed by atoms with Crippen molar-refractivity contribution in [3.05, 3.63) is 47.3 Å². The van der Waals surface area contributed by atoms with Gasteiger partial charge in [-0.2, -0.15) is 0 Å². The van der Waals surface area contributed by atoms with Gasteiger partial charge < -0.3 is 9.47 Å². The van der Waals surface area contributed by atoms with Gasteiger partial charge in [0.05, 0.1) is 19.5 Å². The zero-order chi connectivity index (χ0) is 14.5. The highest BCUT2D eigenvalue weighted by Crippen LogP contribution is 2.23. The first-order valence-corrected chi connectivity index (χ1v) is 6.40. The number of hydrogen-bond donors (Lipinski definition) is 0. The molecule has 1 aromatic carbocycles. The molecule has 5 heteroatoms. The van der Waals surface area contributed by atoms with E-state index >= 15 is 0 Å². The highest BCUT2D eigenvalue weighted by atomic mass is 19.1. The molecule has 0 unspecified atom stereocenters. The van der Waals surface area contributed by atoms with Crippen molar-refractivity contribution < 1.29 is 13.9 Å². The van der Waals surface area contributed by atoms with Crippen LogP contribution in [0.4, 0.5) is 4.39 Å². The molecule has 4 nitrogen and oxygen atoms in total. The van der Waals surface area contributed by atoms with E-state index in [4.69, 9.17) is 9.47 Å². The molecule has 0 aliphatic rings. The van der Waals surface area contributed by atoms with Crippen LogP contribution in [-0.4, -0.2) is 17.1 Å². The molecule has 106 valence electrons. The molecule has 2 rings (SSSR count). The Morgan fingerprint density at radius 3 is 2.35 bits per heavy atom. The van der Waals surface area contributed by atoms with Gasteiger partial charge in [-0.25, -0.2) is 14.4 Å². The van der Waals surface area contributed by atoms with Gasteiger partial charge in [0.2, 0.25) is 0 Å². The van der Waals surface area contributed by atoms with Gasteiger partial charge in [0.1, 0.15) is 24.0 Å². The number of rotatable bonds is 5. The second-order valence-electron chi connectivity index (χ2n) is 4.37. The second-order valence-corrected chi connectivity index (χ2v) is 4.37. The van der Waals surface area contributed by atoms with Crippen LogP contribution in [0.2, 0.25) is 0 Å². The van der Waals surface area contributed by atoms with Crippen molar-refractivity contribution in [3.8, 4) is 11.5 Å². The van der Waals surface area contributed by atoms with E-state index in [0.717, 1.165) is 0 Å². The van der Waals surface area contributed by atoms with Gasteiger partial charge in [0, 0.05) is 5.56 Å². The average molecular weight is 276 g/mol. The minimum absolute atomic E-state index is 0.114. The maximum absolute atomic E-state index is 14.2. The van der Waals surface area contributed by atoms with Gasteiger partial charge in [-0.1, -0.05) is 6.92 Å². The van der Waals surface area contributed by atoms with Crippen LogP contribution in [0.1, 0.15) is 23.9 Å². The van der Waals surface area contributed by atoms with Gasteiger partial charge >= 0.3 is 0 Å². The van der Waals surface area contributed by atoms with E-state index < -0.39 is 0 Å². The van der Waals surface area contributed by atoms with Crippen molar-refractivity contribution in [3.63, 3.8) is 0 Å². The van der Waals surface area contributed by atoms with Crippen LogP contribution in [0.5, 0.6) is 11.5 Å². The molecule has 20 heavy (non-hydrogen) atoms. The highest BCUT2D eigenvalue weighted by Gasteiger charge is 2.11. The fourth-order valence-corrected chi connectivity index (χ4v) is 1.81. The number of hydrogen-bond acceptors (Lipinski definition) is 4. The fraction of sp³-hybridized carbons (Fsp3) is 0.333. The Balaban J connectivity index is 2.18.